The number of allylic oxidation sites excluding steroid dienone is 1. The number of nitrogens with one attached hydrogen (secondary N) is 2. The van der Waals surface area contributed by atoms with Crippen molar-refractivity contribution in [3.8, 4) is 0 Å². The molecule has 1 fully saturated rings. The first kappa shape index (κ1) is 29.2. The van der Waals surface area contributed by atoms with Crippen molar-refractivity contribution in [2.45, 2.75) is 104 Å². The van der Waals surface area contributed by atoms with Gasteiger partial charge in [0.15, 0.2) is 0 Å². The van der Waals surface area contributed by atoms with Crippen LogP contribution in [0.2, 0.25) is 0 Å². The van der Waals surface area contributed by atoms with Crippen molar-refractivity contribution in [1.29, 1.82) is 0 Å². The van der Waals surface area contributed by atoms with E-state index in [1.165, 1.54) is 34.5 Å². The lowest BCUT2D eigenvalue weighted by molar-refractivity contribution is -0.108. The Kier molecular flexibility index (Phi) is 12.0. The van der Waals surface area contributed by atoms with Crippen LogP contribution in [0.3, 0.4) is 0 Å². The number of rotatable bonds is 13. The van der Waals surface area contributed by atoms with Crippen LogP contribution in [-0.4, -0.2) is 24.2 Å². The molecule has 1 saturated carbocycles. The molecule has 0 spiro atoms. The van der Waals surface area contributed by atoms with Crippen molar-refractivity contribution in [3.05, 3.63) is 68.5 Å². The van der Waals surface area contributed by atoms with Crippen LogP contribution in [0.15, 0.2) is 47.1 Å². The number of aliphatic imine (C=N–C) groups is 1. The molecule has 6 heteroatoms. The Bertz CT molecular complexity index is 1040. The maximum Gasteiger partial charge on any atom is 0.133 e. The second-order valence-electron chi connectivity index (χ2n) is 10.6. The zero-order valence-corrected chi connectivity index (χ0v) is 23.8. The summed E-state index contributed by atoms with van der Waals surface area (Å²) in [4.78, 5) is 17.6. The van der Waals surface area contributed by atoms with Crippen LogP contribution in [0, 0.1) is 12.8 Å². The Morgan fingerprint density at radius 2 is 2.00 bits per heavy atom. The zero-order valence-electron chi connectivity index (χ0n) is 23.0. The number of alkyl halides is 1. The Hall–Kier alpha value is -2.31. The number of halogens is 1. The summed E-state index contributed by atoms with van der Waals surface area (Å²) in [5.41, 5.74) is 4.91. The van der Waals surface area contributed by atoms with E-state index in [0.717, 1.165) is 72.5 Å². The van der Waals surface area contributed by atoms with Gasteiger partial charge in [0.1, 0.15) is 18.8 Å². The maximum absolute atomic E-state index is 13.3. The largest absolute Gasteiger partial charge is 0.346 e. The van der Waals surface area contributed by atoms with Gasteiger partial charge in [-0.15, -0.1) is 11.3 Å². The minimum atomic E-state index is -0.432. The molecular formula is C31H44FN3OS. The van der Waals surface area contributed by atoms with Gasteiger partial charge in [0.25, 0.3) is 0 Å². The summed E-state index contributed by atoms with van der Waals surface area (Å²) >= 11 is 1.52. The van der Waals surface area contributed by atoms with Crippen molar-refractivity contribution < 1.29 is 9.18 Å². The highest BCUT2D eigenvalue weighted by molar-refractivity contribution is 7.12. The average molecular weight is 526 g/mol. The van der Waals surface area contributed by atoms with E-state index in [9.17, 15) is 9.18 Å². The fourth-order valence-corrected chi connectivity index (χ4v) is 5.77. The summed E-state index contributed by atoms with van der Waals surface area (Å²) < 4.78 is 13.3. The molecule has 0 aliphatic heterocycles. The van der Waals surface area contributed by atoms with E-state index in [0.29, 0.717) is 18.4 Å². The first-order valence-corrected chi connectivity index (χ1v) is 14.6. The standard InChI is InChI=1S/C31H44FN3OS/c1-5-22(2)20-34-31(30-18-29(19-32)37-24(30)4)35-28-10-6-9-27(17-28)33-21-26-13-11-25(12-14-26)16-23(3)8-7-15-36/h11-15,18,20,23,27-28,33H,5-10,16-17,19,21H2,1-4H3,(H,34,35)/b22-20+. The fraction of sp³-hybridized carbons (Fsp3) is 0.548. The summed E-state index contributed by atoms with van der Waals surface area (Å²) in [6.45, 7) is 8.94. The van der Waals surface area contributed by atoms with Crippen LogP contribution in [0.25, 0.3) is 0 Å². The van der Waals surface area contributed by atoms with Gasteiger partial charge in [-0.2, -0.15) is 0 Å². The minimum Gasteiger partial charge on any atom is -0.346 e. The third kappa shape index (κ3) is 9.50. The SMILES string of the molecule is CC/C(C)=C/NC(=NC1CCCC(NCc2ccc(CC(C)CCC=O)cc2)C1)c1cc(CF)sc1C. The van der Waals surface area contributed by atoms with Crippen molar-refractivity contribution in [2.75, 3.05) is 0 Å². The summed E-state index contributed by atoms with van der Waals surface area (Å²) in [5.74, 6) is 1.39. The molecular weight excluding hydrogens is 481 g/mol. The molecule has 1 heterocycles. The number of aryl methyl sites for hydroxylation is 1. The molecule has 1 aliphatic rings. The van der Waals surface area contributed by atoms with Crippen molar-refractivity contribution in [2.24, 2.45) is 10.9 Å². The number of benzene rings is 1. The quantitative estimate of drug-likeness (QED) is 0.162. The first-order valence-electron chi connectivity index (χ1n) is 13.8. The molecule has 202 valence electrons. The van der Waals surface area contributed by atoms with Crippen molar-refractivity contribution in [3.63, 3.8) is 0 Å². The highest BCUT2D eigenvalue weighted by Gasteiger charge is 2.23. The molecule has 1 aliphatic carbocycles. The monoisotopic (exact) mass is 525 g/mol. The Morgan fingerprint density at radius 3 is 2.68 bits per heavy atom. The molecule has 3 rings (SSSR count). The Labute approximate surface area is 226 Å². The number of amidine groups is 1. The number of carbonyl (C=O) groups excluding carboxylic acids is 1. The molecule has 4 nitrogen and oxygen atoms in total. The van der Waals surface area contributed by atoms with Gasteiger partial charge >= 0.3 is 0 Å². The van der Waals surface area contributed by atoms with Gasteiger partial charge in [-0.1, -0.05) is 43.7 Å². The van der Waals surface area contributed by atoms with Gasteiger partial charge in [-0.3, -0.25) is 4.99 Å². The molecule has 3 atom stereocenters. The van der Waals surface area contributed by atoms with Crippen LogP contribution in [0.1, 0.15) is 92.2 Å². The topological polar surface area (TPSA) is 53.5 Å². The second-order valence-corrected chi connectivity index (χ2v) is 11.9. The van der Waals surface area contributed by atoms with Crippen LogP contribution in [0.5, 0.6) is 0 Å². The molecule has 3 unspecified atom stereocenters. The van der Waals surface area contributed by atoms with Crippen LogP contribution >= 0.6 is 11.3 Å². The molecule has 37 heavy (non-hydrogen) atoms. The van der Waals surface area contributed by atoms with E-state index in [1.54, 1.807) is 0 Å². The second kappa shape index (κ2) is 15.2. The molecule has 2 N–H and O–H groups in total. The van der Waals surface area contributed by atoms with Crippen LogP contribution in [0.4, 0.5) is 4.39 Å². The fourth-order valence-electron chi connectivity index (χ4n) is 4.88. The summed E-state index contributed by atoms with van der Waals surface area (Å²) in [6.07, 6.45) is 11.1. The van der Waals surface area contributed by atoms with E-state index < -0.39 is 6.67 Å². The van der Waals surface area contributed by atoms with Crippen LogP contribution < -0.4 is 10.6 Å². The number of hydrogen-bond acceptors (Lipinski definition) is 4. The predicted octanol–water partition coefficient (Wildman–Crippen LogP) is 7.43. The number of carbonyl (C=O) groups is 1. The van der Waals surface area contributed by atoms with Gasteiger partial charge < -0.3 is 15.4 Å². The molecule has 0 radical (unpaired) electrons. The number of hydrogen-bond donors (Lipinski definition) is 2. The third-order valence-electron chi connectivity index (χ3n) is 7.31. The molecule has 1 aromatic carbocycles. The minimum absolute atomic E-state index is 0.243. The Morgan fingerprint density at radius 1 is 1.24 bits per heavy atom. The molecule has 2 aromatic rings. The lowest BCUT2D eigenvalue weighted by Crippen LogP contribution is -2.36. The molecule has 0 saturated heterocycles. The van der Waals surface area contributed by atoms with E-state index in [-0.39, 0.29) is 6.04 Å². The zero-order chi connectivity index (χ0) is 26.6. The van der Waals surface area contributed by atoms with Gasteiger partial charge in [0.2, 0.25) is 0 Å². The summed E-state index contributed by atoms with van der Waals surface area (Å²) in [7, 11) is 0. The summed E-state index contributed by atoms with van der Waals surface area (Å²) in [5, 5.41) is 7.21. The smallest absolute Gasteiger partial charge is 0.133 e. The lowest BCUT2D eigenvalue weighted by atomic mass is 9.91. The van der Waals surface area contributed by atoms with Gasteiger partial charge in [-0.25, -0.2) is 4.39 Å². The molecule has 0 bridgehead atoms. The highest BCUT2D eigenvalue weighted by atomic mass is 32.1. The molecule has 1 aromatic heterocycles. The number of nitrogens with zero attached hydrogens (tertiary/aromatic N) is 1. The number of aldehydes is 1. The van der Waals surface area contributed by atoms with E-state index in [1.807, 2.05) is 12.3 Å². The van der Waals surface area contributed by atoms with E-state index in [4.69, 9.17) is 4.99 Å². The third-order valence-corrected chi connectivity index (χ3v) is 8.32. The molecule has 0 amide bonds. The van der Waals surface area contributed by atoms with E-state index >= 15 is 0 Å². The first-order chi connectivity index (χ1) is 17.9. The van der Waals surface area contributed by atoms with Gasteiger partial charge in [-0.05, 0) is 81.9 Å². The van der Waals surface area contributed by atoms with Crippen LogP contribution in [-0.2, 0) is 24.4 Å². The normalized spacial score (nSPS) is 19.6. The number of thiophene rings is 1. The van der Waals surface area contributed by atoms with Gasteiger partial charge in [0.05, 0.1) is 6.04 Å². The summed E-state index contributed by atoms with van der Waals surface area (Å²) in [6, 6.07) is 11.5. The highest BCUT2D eigenvalue weighted by Crippen LogP contribution is 2.26. The lowest BCUT2D eigenvalue weighted by Gasteiger charge is -2.28. The Balaban J connectivity index is 1.61. The van der Waals surface area contributed by atoms with Gasteiger partial charge in [0, 0.05) is 40.5 Å². The predicted molar refractivity (Wildman–Crippen MR) is 155 cm³/mol. The van der Waals surface area contributed by atoms with E-state index in [2.05, 4.69) is 62.6 Å². The van der Waals surface area contributed by atoms with Crippen molar-refractivity contribution >= 4 is 23.5 Å². The maximum atomic E-state index is 13.3. The average Bonchev–Trinajstić information content (AvgIpc) is 3.30. The van der Waals surface area contributed by atoms with Crippen molar-refractivity contribution in [1.82, 2.24) is 10.6 Å².